The fraction of sp³-hybridized carbons (Fsp3) is 0.368. The number of ether oxygens (including phenoxy) is 1. The van der Waals surface area contributed by atoms with E-state index in [0.29, 0.717) is 27.6 Å². The van der Waals surface area contributed by atoms with Gasteiger partial charge in [-0.15, -0.1) is 0 Å². The van der Waals surface area contributed by atoms with Crippen LogP contribution in [0.25, 0.3) is 28.1 Å². The molecule has 1 N–H and O–H groups in total. The number of nitrogens with zero attached hydrogens (tertiary/aromatic N) is 5. The van der Waals surface area contributed by atoms with Crippen LogP contribution in [-0.2, 0) is 10.3 Å². The third kappa shape index (κ3) is 2.61. The Hall–Kier alpha value is -2.75. The molecule has 0 amide bonds. The average molecular weight is 416 g/mol. The zero-order chi connectivity index (χ0) is 20.3. The van der Waals surface area contributed by atoms with E-state index >= 15 is 0 Å². The fourth-order valence-corrected chi connectivity index (χ4v) is 3.82. The van der Waals surface area contributed by atoms with Crippen LogP contribution in [0.1, 0.15) is 31.7 Å². The van der Waals surface area contributed by atoms with Gasteiger partial charge in [0.05, 0.1) is 23.7 Å². The second kappa shape index (κ2) is 6.38. The third-order valence-electron chi connectivity index (χ3n) is 5.47. The summed E-state index contributed by atoms with van der Waals surface area (Å²) >= 11 is 6.16. The Labute approximate surface area is 169 Å². The van der Waals surface area contributed by atoms with Gasteiger partial charge in [-0.3, -0.25) is 13.8 Å². The Morgan fingerprint density at radius 1 is 1.38 bits per heavy atom. The minimum atomic E-state index is -0.532. The van der Waals surface area contributed by atoms with Crippen LogP contribution in [0.5, 0.6) is 0 Å². The van der Waals surface area contributed by atoms with Crippen LogP contribution < -0.4 is 5.56 Å². The van der Waals surface area contributed by atoms with Gasteiger partial charge in [0, 0.05) is 12.1 Å². The minimum absolute atomic E-state index is 0.204. The van der Waals surface area contributed by atoms with Gasteiger partial charge in [0.15, 0.2) is 0 Å². The van der Waals surface area contributed by atoms with E-state index in [1.807, 2.05) is 6.07 Å². The first kappa shape index (κ1) is 18.3. The quantitative estimate of drug-likeness (QED) is 0.533. The van der Waals surface area contributed by atoms with Crippen LogP contribution in [0.15, 0.2) is 33.8 Å². The summed E-state index contributed by atoms with van der Waals surface area (Å²) in [6.45, 7) is 1.56. The second-order valence-electron chi connectivity index (χ2n) is 7.27. The van der Waals surface area contributed by atoms with E-state index in [1.165, 1.54) is 4.57 Å². The van der Waals surface area contributed by atoms with Crippen LogP contribution in [0.4, 0.5) is 0 Å². The number of hydrogen-bond acceptors (Lipinski definition) is 7. The third-order valence-corrected chi connectivity index (χ3v) is 5.71. The molecular formula is C19H18ClN5O4. The number of methoxy groups -OCH3 is 1. The summed E-state index contributed by atoms with van der Waals surface area (Å²) in [5.74, 6) is 0.604. The monoisotopic (exact) mass is 415 g/mol. The number of fused-ring (bicyclic) bond motifs is 3. The maximum absolute atomic E-state index is 13.4. The molecule has 3 aromatic heterocycles. The molecule has 1 fully saturated rings. The smallest absolute Gasteiger partial charge is 0.278 e. The summed E-state index contributed by atoms with van der Waals surface area (Å²) < 4.78 is 14.1. The first-order valence-corrected chi connectivity index (χ1v) is 9.58. The number of benzene rings is 1. The van der Waals surface area contributed by atoms with Crippen LogP contribution in [0.3, 0.4) is 0 Å². The number of aliphatic hydroxyl groups excluding tert-OH is 1. The zero-order valence-electron chi connectivity index (χ0n) is 15.8. The summed E-state index contributed by atoms with van der Waals surface area (Å²) in [4.78, 5) is 22.3. The van der Waals surface area contributed by atoms with E-state index < -0.39 is 11.6 Å². The lowest BCUT2D eigenvalue weighted by atomic mass is 10.2. The molecule has 1 saturated carbocycles. The van der Waals surface area contributed by atoms with Gasteiger partial charge in [0.25, 0.3) is 11.4 Å². The van der Waals surface area contributed by atoms with E-state index in [9.17, 15) is 9.90 Å². The van der Waals surface area contributed by atoms with Crippen LogP contribution >= 0.6 is 11.6 Å². The Kier molecular flexibility index (Phi) is 4.02. The highest BCUT2D eigenvalue weighted by atomic mass is 35.5. The van der Waals surface area contributed by atoms with Crippen LogP contribution in [0.2, 0.25) is 5.02 Å². The van der Waals surface area contributed by atoms with Crippen molar-refractivity contribution in [1.29, 1.82) is 0 Å². The highest BCUT2D eigenvalue weighted by Gasteiger charge is 2.50. The molecule has 3 heterocycles. The van der Waals surface area contributed by atoms with E-state index in [2.05, 4.69) is 15.1 Å². The summed E-state index contributed by atoms with van der Waals surface area (Å²) in [6.07, 6.45) is 3.16. The van der Waals surface area contributed by atoms with Gasteiger partial charge in [-0.2, -0.15) is 4.98 Å². The van der Waals surface area contributed by atoms with Crippen LogP contribution in [0, 0.1) is 0 Å². The Bertz CT molecular complexity index is 1300. The van der Waals surface area contributed by atoms with Crippen molar-refractivity contribution < 1.29 is 14.4 Å². The van der Waals surface area contributed by atoms with E-state index in [-0.39, 0.29) is 18.0 Å². The minimum Gasteiger partial charge on any atom is -0.394 e. The number of aromatic nitrogens is 5. The van der Waals surface area contributed by atoms with Crippen LogP contribution in [-0.4, -0.2) is 42.9 Å². The Morgan fingerprint density at radius 2 is 2.17 bits per heavy atom. The molecule has 4 aromatic rings. The topological polar surface area (TPSA) is 108 Å². The summed E-state index contributed by atoms with van der Waals surface area (Å²) in [5, 5.41) is 14.2. The molecule has 1 atom stereocenters. The van der Waals surface area contributed by atoms with Gasteiger partial charge in [-0.1, -0.05) is 16.8 Å². The van der Waals surface area contributed by atoms with Gasteiger partial charge < -0.3 is 14.4 Å². The summed E-state index contributed by atoms with van der Waals surface area (Å²) in [5.41, 5.74) is 1.08. The lowest BCUT2D eigenvalue weighted by Crippen LogP contribution is -2.27. The number of halogens is 1. The zero-order valence-corrected chi connectivity index (χ0v) is 16.5. The molecule has 0 bridgehead atoms. The standard InChI is InChI=1S/C19H18ClN5O4/c1-10(8-26)25-13-7-11(20)3-4-12(13)24-9-21-14(15(24)17(25)27)16-22-18(29-23-16)19(28-2)5-6-19/h3-4,7,9-10,26H,5-6,8H2,1-2H3. The predicted octanol–water partition coefficient (Wildman–Crippen LogP) is 2.54. The molecule has 0 saturated heterocycles. The van der Waals surface area contributed by atoms with Gasteiger partial charge >= 0.3 is 0 Å². The number of rotatable bonds is 5. The predicted molar refractivity (Wildman–Crippen MR) is 105 cm³/mol. The van der Waals surface area contributed by atoms with Gasteiger partial charge in [-0.05, 0) is 38.0 Å². The molecule has 10 heteroatoms. The molecule has 9 nitrogen and oxygen atoms in total. The second-order valence-corrected chi connectivity index (χ2v) is 7.71. The maximum Gasteiger partial charge on any atom is 0.278 e. The molecule has 5 rings (SSSR count). The van der Waals surface area contributed by atoms with E-state index in [0.717, 1.165) is 18.4 Å². The molecule has 1 aliphatic rings. The Balaban J connectivity index is 1.79. The average Bonchev–Trinajstić information content (AvgIpc) is 3.14. The van der Waals surface area contributed by atoms with Crippen molar-refractivity contribution in [1.82, 2.24) is 24.1 Å². The normalized spacial score (nSPS) is 16.6. The molecule has 29 heavy (non-hydrogen) atoms. The first-order chi connectivity index (χ1) is 14.0. The van der Waals surface area contributed by atoms with Crippen molar-refractivity contribution >= 4 is 28.2 Å². The number of aliphatic hydroxyl groups is 1. The SMILES string of the molecule is COC1(c2nc(-c3ncn4c3c(=O)n(C(C)CO)c3cc(Cl)ccc34)no2)CC1. The molecule has 0 spiro atoms. The number of hydrogen-bond donors (Lipinski definition) is 1. The van der Waals surface area contributed by atoms with Gasteiger partial charge in [0.1, 0.15) is 23.1 Å². The highest BCUT2D eigenvalue weighted by molar-refractivity contribution is 6.31. The number of imidazole rings is 1. The summed E-state index contributed by atoms with van der Waals surface area (Å²) in [6, 6.07) is 4.79. The van der Waals surface area contributed by atoms with Gasteiger partial charge in [0.2, 0.25) is 5.82 Å². The lowest BCUT2D eigenvalue weighted by molar-refractivity contribution is 0.0492. The fourth-order valence-electron chi connectivity index (χ4n) is 3.66. The van der Waals surface area contributed by atoms with Crippen molar-refractivity contribution in [2.24, 2.45) is 0 Å². The van der Waals surface area contributed by atoms with E-state index in [4.69, 9.17) is 20.9 Å². The van der Waals surface area contributed by atoms with Gasteiger partial charge in [-0.25, -0.2) is 4.98 Å². The molecule has 0 aliphatic heterocycles. The van der Waals surface area contributed by atoms with Crippen molar-refractivity contribution in [3.8, 4) is 11.5 Å². The molecule has 150 valence electrons. The van der Waals surface area contributed by atoms with E-state index in [1.54, 1.807) is 36.9 Å². The Morgan fingerprint density at radius 3 is 2.86 bits per heavy atom. The van der Waals surface area contributed by atoms with Crippen molar-refractivity contribution in [2.45, 2.75) is 31.4 Å². The first-order valence-electron chi connectivity index (χ1n) is 9.20. The van der Waals surface area contributed by atoms with Crippen molar-refractivity contribution in [3.05, 3.63) is 45.8 Å². The molecule has 1 aromatic carbocycles. The molecular weight excluding hydrogens is 398 g/mol. The molecule has 1 aliphatic carbocycles. The van der Waals surface area contributed by atoms with Crippen molar-refractivity contribution in [3.63, 3.8) is 0 Å². The van der Waals surface area contributed by atoms with Crippen molar-refractivity contribution in [2.75, 3.05) is 13.7 Å². The maximum atomic E-state index is 13.4. The lowest BCUT2D eigenvalue weighted by Gasteiger charge is -2.17. The molecule has 1 unspecified atom stereocenters. The summed E-state index contributed by atoms with van der Waals surface area (Å²) in [7, 11) is 1.61. The highest BCUT2D eigenvalue weighted by Crippen LogP contribution is 2.48. The largest absolute Gasteiger partial charge is 0.394 e. The molecule has 0 radical (unpaired) electrons.